The number of nitrogens with one attached hydrogen (secondary N) is 3. The zero-order valence-corrected chi connectivity index (χ0v) is 14.5. The average molecular weight is 400 g/mol. The van der Waals surface area contributed by atoms with Gasteiger partial charge in [-0.25, -0.2) is 9.18 Å². The van der Waals surface area contributed by atoms with Crippen LogP contribution in [0, 0.1) is 5.82 Å². The van der Waals surface area contributed by atoms with Gasteiger partial charge in [-0.1, -0.05) is 12.1 Å². The lowest BCUT2D eigenvalue weighted by Crippen LogP contribution is -2.41. The van der Waals surface area contributed by atoms with Crippen molar-refractivity contribution in [3.63, 3.8) is 0 Å². The highest BCUT2D eigenvalue weighted by Gasteiger charge is 2.06. The van der Waals surface area contributed by atoms with E-state index >= 15 is 0 Å². The molecule has 0 bridgehead atoms. The van der Waals surface area contributed by atoms with Crippen LogP contribution in [0.15, 0.2) is 40.2 Å². The molecule has 1 aromatic heterocycles. The Balaban J connectivity index is 1.63. The van der Waals surface area contributed by atoms with E-state index in [2.05, 4.69) is 31.9 Å². The molecule has 0 atom stereocenters. The predicted molar refractivity (Wildman–Crippen MR) is 90.5 cm³/mol. The van der Waals surface area contributed by atoms with E-state index in [9.17, 15) is 14.0 Å². The maximum absolute atomic E-state index is 12.7. The van der Waals surface area contributed by atoms with Gasteiger partial charge >= 0.3 is 6.03 Å². The van der Waals surface area contributed by atoms with Crippen molar-refractivity contribution in [2.75, 3.05) is 6.54 Å². The molecule has 1 aromatic carbocycles. The van der Waals surface area contributed by atoms with Crippen molar-refractivity contribution in [3.8, 4) is 0 Å². The number of thiophene rings is 1. The molecule has 0 aliphatic carbocycles. The zero-order chi connectivity index (χ0) is 16.7. The third kappa shape index (κ3) is 6.37. The fraction of sp³-hybridized carbons (Fsp3) is 0.200. The van der Waals surface area contributed by atoms with Crippen LogP contribution in [0.25, 0.3) is 0 Å². The number of hydrogen-bond acceptors (Lipinski definition) is 3. The Morgan fingerprint density at radius 3 is 2.48 bits per heavy atom. The van der Waals surface area contributed by atoms with Crippen LogP contribution in [0.3, 0.4) is 0 Å². The van der Waals surface area contributed by atoms with Gasteiger partial charge in [-0.3, -0.25) is 4.79 Å². The van der Waals surface area contributed by atoms with Gasteiger partial charge in [0, 0.05) is 21.3 Å². The summed E-state index contributed by atoms with van der Waals surface area (Å²) in [4.78, 5) is 24.2. The molecule has 3 amide bonds. The lowest BCUT2D eigenvalue weighted by Gasteiger charge is -2.08. The maximum Gasteiger partial charge on any atom is 0.315 e. The summed E-state index contributed by atoms with van der Waals surface area (Å²) >= 11 is 4.88. The summed E-state index contributed by atoms with van der Waals surface area (Å²) in [7, 11) is 0. The fourth-order valence-electron chi connectivity index (χ4n) is 1.70. The number of carbonyl (C=O) groups is 2. The molecule has 23 heavy (non-hydrogen) atoms. The first-order chi connectivity index (χ1) is 11.0. The Morgan fingerprint density at radius 1 is 1.09 bits per heavy atom. The van der Waals surface area contributed by atoms with Gasteiger partial charge in [0.1, 0.15) is 5.82 Å². The van der Waals surface area contributed by atoms with Crippen molar-refractivity contribution < 1.29 is 14.0 Å². The summed E-state index contributed by atoms with van der Waals surface area (Å²) in [5, 5.41) is 9.71. The second-order valence-electron chi connectivity index (χ2n) is 4.67. The number of urea groups is 1. The fourth-order valence-corrected chi connectivity index (χ4v) is 3.09. The number of rotatable bonds is 6. The Labute approximate surface area is 145 Å². The van der Waals surface area contributed by atoms with Crippen LogP contribution in [0.2, 0.25) is 0 Å². The van der Waals surface area contributed by atoms with Gasteiger partial charge in [0.05, 0.1) is 13.1 Å². The molecule has 0 saturated carbocycles. The van der Waals surface area contributed by atoms with Crippen LogP contribution < -0.4 is 16.0 Å². The van der Waals surface area contributed by atoms with E-state index in [1.807, 2.05) is 11.4 Å². The summed E-state index contributed by atoms with van der Waals surface area (Å²) in [6.07, 6.45) is 0. The highest BCUT2D eigenvalue weighted by molar-refractivity contribution is 9.10. The maximum atomic E-state index is 12.7. The molecule has 0 fully saturated rings. The summed E-state index contributed by atoms with van der Waals surface area (Å²) in [6, 6.07) is 7.29. The molecule has 0 aliphatic heterocycles. The van der Waals surface area contributed by atoms with E-state index in [4.69, 9.17) is 0 Å². The molecular weight excluding hydrogens is 385 g/mol. The molecule has 0 radical (unpaired) electrons. The summed E-state index contributed by atoms with van der Waals surface area (Å²) < 4.78 is 13.7. The minimum absolute atomic E-state index is 0.109. The number of hydrogen-bond donors (Lipinski definition) is 3. The van der Waals surface area contributed by atoms with Crippen LogP contribution >= 0.6 is 27.3 Å². The third-order valence-electron chi connectivity index (χ3n) is 2.86. The molecule has 2 rings (SSSR count). The second kappa shape index (κ2) is 8.64. The van der Waals surface area contributed by atoms with E-state index in [1.165, 1.54) is 23.5 Å². The van der Waals surface area contributed by atoms with Gasteiger partial charge in [-0.15, -0.1) is 11.3 Å². The largest absolute Gasteiger partial charge is 0.350 e. The predicted octanol–water partition coefficient (Wildman–Crippen LogP) is 2.77. The van der Waals surface area contributed by atoms with Crippen LogP contribution in [0.1, 0.15) is 10.4 Å². The van der Waals surface area contributed by atoms with Crippen molar-refractivity contribution in [3.05, 3.63) is 56.4 Å². The van der Waals surface area contributed by atoms with Gasteiger partial charge in [-0.05, 0) is 39.7 Å². The summed E-state index contributed by atoms with van der Waals surface area (Å²) in [5.41, 5.74) is 0.772. The standard InChI is InChI=1S/C15H15BrFN3O2S/c16-11-5-13(23-9-11)7-18-14(21)8-20-15(22)19-6-10-1-3-12(17)4-2-10/h1-5,9H,6-8H2,(H,18,21)(H2,19,20,22). The smallest absolute Gasteiger partial charge is 0.315 e. The van der Waals surface area contributed by atoms with Crippen molar-refractivity contribution in [1.82, 2.24) is 16.0 Å². The molecule has 1 heterocycles. The molecule has 3 N–H and O–H groups in total. The van der Waals surface area contributed by atoms with E-state index in [0.29, 0.717) is 6.54 Å². The molecular formula is C15H15BrFN3O2S. The van der Waals surface area contributed by atoms with Crippen LogP contribution in [0.4, 0.5) is 9.18 Å². The van der Waals surface area contributed by atoms with Crippen LogP contribution in [0.5, 0.6) is 0 Å². The molecule has 0 unspecified atom stereocenters. The lowest BCUT2D eigenvalue weighted by atomic mass is 10.2. The number of amides is 3. The van der Waals surface area contributed by atoms with Crippen molar-refractivity contribution >= 4 is 39.2 Å². The van der Waals surface area contributed by atoms with Crippen LogP contribution in [-0.2, 0) is 17.9 Å². The Hall–Kier alpha value is -1.93. The molecule has 0 spiro atoms. The van der Waals surface area contributed by atoms with Crippen molar-refractivity contribution in [2.45, 2.75) is 13.1 Å². The minimum Gasteiger partial charge on any atom is -0.350 e. The van der Waals surface area contributed by atoms with Gasteiger partial charge in [0.15, 0.2) is 0 Å². The highest BCUT2D eigenvalue weighted by atomic mass is 79.9. The molecule has 122 valence electrons. The minimum atomic E-state index is -0.455. The molecule has 2 aromatic rings. The molecule has 0 saturated heterocycles. The number of benzene rings is 1. The SMILES string of the molecule is O=C(CNC(=O)NCc1ccc(F)cc1)NCc1cc(Br)cs1. The summed E-state index contributed by atoms with van der Waals surface area (Å²) in [5.74, 6) is -0.598. The molecule has 5 nitrogen and oxygen atoms in total. The first-order valence-electron chi connectivity index (χ1n) is 6.78. The highest BCUT2D eigenvalue weighted by Crippen LogP contribution is 2.19. The Kier molecular flexibility index (Phi) is 6.54. The van der Waals surface area contributed by atoms with Gasteiger partial charge in [0.2, 0.25) is 5.91 Å². The topological polar surface area (TPSA) is 70.2 Å². The molecule has 0 aliphatic rings. The number of carbonyl (C=O) groups excluding carboxylic acids is 2. The van der Waals surface area contributed by atoms with Crippen molar-refractivity contribution in [1.29, 1.82) is 0 Å². The second-order valence-corrected chi connectivity index (χ2v) is 6.58. The normalized spacial score (nSPS) is 10.2. The zero-order valence-electron chi connectivity index (χ0n) is 12.1. The first kappa shape index (κ1) is 17.4. The van der Waals surface area contributed by atoms with Gasteiger partial charge < -0.3 is 16.0 Å². The van der Waals surface area contributed by atoms with E-state index in [0.717, 1.165) is 14.9 Å². The Morgan fingerprint density at radius 2 is 1.83 bits per heavy atom. The quantitative estimate of drug-likeness (QED) is 0.698. The van der Waals surface area contributed by atoms with Crippen molar-refractivity contribution in [2.24, 2.45) is 0 Å². The van der Waals surface area contributed by atoms with E-state index in [-0.39, 0.29) is 24.8 Å². The number of halogens is 2. The van der Waals surface area contributed by atoms with Crippen LogP contribution in [-0.4, -0.2) is 18.5 Å². The third-order valence-corrected chi connectivity index (χ3v) is 4.55. The van der Waals surface area contributed by atoms with E-state index in [1.54, 1.807) is 12.1 Å². The Bertz CT molecular complexity index is 676. The van der Waals surface area contributed by atoms with Gasteiger partial charge in [0.25, 0.3) is 0 Å². The average Bonchev–Trinajstić information content (AvgIpc) is 2.96. The first-order valence-corrected chi connectivity index (χ1v) is 8.46. The van der Waals surface area contributed by atoms with Gasteiger partial charge in [-0.2, -0.15) is 0 Å². The molecule has 8 heteroatoms. The monoisotopic (exact) mass is 399 g/mol. The lowest BCUT2D eigenvalue weighted by molar-refractivity contribution is -0.120. The van der Waals surface area contributed by atoms with E-state index < -0.39 is 6.03 Å². The summed E-state index contributed by atoms with van der Waals surface area (Å²) in [6.45, 7) is 0.576.